The smallest absolute Gasteiger partial charge is 0.0679 e. The maximum Gasteiger partial charge on any atom is 0.0679 e. The molecule has 2 aliphatic rings. The minimum Gasteiger partial charge on any atom is -0.392 e. The number of aliphatic hydroxyl groups excluding tert-OH is 1. The Morgan fingerprint density at radius 2 is 1.75 bits per heavy atom. The molecule has 2 saturated carbocycles. The number of ether oxygens (including phenoxy) is 1. The van der Waals surface area contributed by atoms with Crippen LogP contribution in [0.15, 0.2) is 0 Å². The third kappa shape index (κ3) is 2.14. The summed E-state index contributed by atoms with van der Waals surface area (Å²) in [5.41, 5.74) is -0.0354. The zero-order chi connectivity index (χ0) is 11.9. The topological polar surface area (TPSA) is 29.5 Å². The second-order valence-electron chi connectivity index (χ2n) is 6.59. The Morgan fingerprint density at radius 1 is 1.06 bits per heavy atom. The average Bonchev–Trinajstić information content (AvgIpc) is 2.23. The first-order valence-corrected chi connectivity index (χ1v) is 6.74. The fourth-order valence-electron chi connectivity index (χ4n) is 2.95. The second-order valence-corrected chi connectivity index (χ2v) is 6.59. The molecule has 16 heavy (non-hydrogen) atoms. The zero-order valence-electron chi connectivity index (χ0n) is 11.1. The molecule has 0 aromatic carbocycles. The molecule has 0 spiro atoms. The van der Waals surface area contributed by atoms with Crippen molar-refractivity contribution >= 4 is 0 Å². The highest BCUT2D eigenvalue weighted by atomic mass is 16.5. The first-order chi connectivity index (χ1) is 7.41. The van der Waals surface area contributed by atoms with Crippen molar-refractivity contribution in [3.63, 3.8) is 0 Å². The Kier molecular flexibility index (Phi) is 3.33. The average molecular weight is 226 g/mol. The van der Waals surface area contributed by atoms with E-state index >= 15 is 0 Å². The summed E-state index contributed by atoms with van der Waals surface area (Å²) >= 11 is 0. The van der Waals surface area contributed by atoms with E-state index in [1.54, 1.807) is 0 Å². The third-order valence-electron chi connectivity index (χ3n) is 5.03. The quantitative estimate of drug-likeness (QED) is 0.784. The molecule has 1 N–H and O–H groups in total. The van der Waals surface area contributed by atoms with E-state index in [0.717, 1.165) is 18.3 Å². The van der Waals surface area contributed by atoms with E-state index in [9.17, 15) is 5.11 Å². The van der Waals surface area contributed by atoms with Crippen LogP contribution >= 0.6 is 0 Å². The monoisotopic (exact) mass is 226 g/mol. The number of rotatable bonds is 2. The van der Waals surface area contributed by atoms with Gasteiger partial charge in [-0.2, -0.15) is 0 Å². The lowest BCUT2D eigenvalue weighted by Gasteiger charge is -2.50. The van der Waals surface area contributed by atoms with Gasteiger partial charge in [0.05, 0.1) is 18.3 Å². The van der Waals surface area contributed by atoms with E-state index in [1.807, 2.05) is 0 Å². The van der Waals surface area contributed by atoms with Gasteiger partial charge in [-0.05, 0) is 31.1 Å². The van der Waals surface area contributed by atoms with Gasteiger partial charge in [-0.25, -0.2) is 0 Å². The van der Waals surface area contributed by atoms with Gasteiger partial charge in [0.25, 0.3) is 0 Å². The molecule has 94 valence electrons. The molecule has 0 bridgehead atoms. The number of aliphatic hydroxyl groups is 1. The van der Waals surface area contributed by atoms with Crippen LogP contribution in [0.25, 0.3) is 0 Å². The summed E-state index contributed by atoms with van der Waals surface area (Å²) in [6, 6.07) is 0. The van der Waals surface area contributed by atoms with Gasteiger partial charge in [0.2, 0.25) is 0 Å². The van der Waals surface area contributed by atoms with Crippen molar-refractivity contribution < 1.29 is 9.84 Å². The minimum atomic E-state index is -0.169. The van der Waals surface area contributed by atoms with Gasteiger partial charge in [-0.1, -0.05) is 27.7 Å². The Bertz CT molecular complexity index is 249. The van der Waals surface area contributed by atoms with Crippen molar-refractivity contribution in [1.29, 1.82) is 0 Å². The van der Waals surface area contributed by atoms with Crippen LogP contribution in [0, 0.1) is 17.3 Å². The highest BCUT2D eigenvalue weighted by Gasteiger charge is 2.49. The third-order valence-corrected chi connectivity index (χ3v) is 5.03. The Hall–Kier alpha value is -0.0800. The molecule has 2 aliphatic carbocycles. The van der Waals surface area contributed by atoms with Crippen molar-refractivity contribution in [2.45, 2.75) is 71.7 Å². The number of hydrogen-bond donors (Lipinski definition) is 1. The van der Waals surface area contributed by atoms with Gasteiger partial charge in [-0.3, -0.25) is 0 Å². The molecule has 0 aliphatic heterocycles. The Balaban J connectivity index is 1.83. The molecule has 0 radical (unpaired) electrons. The lowest BCUT2D eigenvalue weighted by Crippen LogP contribution is -2.55. The maximum atomic E-state index is 9.69. The van der Waals surface area contributed by atoms with Gasteiger partial charge in [0.1, 0.15) is 0 Å². The summed E-state index contributed by atoms with van der Waals surface area (Å²) in [6.45, 7) is 8.90. The molecule has 0 saturated heterocycles. The van der Waals surface area contributed by atoms with Crippen LogP contribution in [-0.4, -0.2) is 23.4 Å². The minimum absolute atomic E-state index is 0.0354. The van der Waals surface area contributed by atoms with Crippen molar-refractivity contribution in [3.8, 4) is 0 Å². The van der Waals surface area contributed by atoms with Crippen LogP contribution in [-0.2, 0) is 4.74 Å². The Morgan fingerprint density at radius 3 is 2.25 bits per heavy atom. The normalized spacial score (nSPS) is 47.4. The predicted octanol–water partition coefficient (Wildman–Crippen LogP) is 2.99. The van der Waals surface area contributed by atoms with E-state index in [1.165, 1.54) is 19.3 Å². The van der Waals surface area contributed by atoms with E-state index in [-0.39, 0.29) is 17.6 Å². The van der Waals surface area contributed by atoms with Gasteiger partial charge in [0, 0.05) is 11.8 Å². The fraction of sp³-hybridized carbons (Fsp3) is 1.00. The molecule has 0 aromatic rings. The van der Waals surface area contributed by atoms with Crippen molar-refractivity contribution in [2.24, 2.45) is 17.3 Å². The van der Waals surface area contributed by atoms with E-state index in [2.05, 4.69) is 27.7 Å². The molecule has 0 heterocycles. The molecule has 2 nitrogen and oxygen atoms in total. The van der Waals surface area contributed by atoms with Crippen molar-refractivity contribution in [1.82, 2.24) is 0 Å². The molecule has 5 atom stereocenters. The molecular weight excluding hydrogens is 200 g/mol. The molecule has 2 rings (SSSR count). The lowest BCUT2D eigenvalue weighted by molar-refractivity contribution is -0.202. The summed E-state index contributed by atoms with van der Waals surface area (Å²) in [6.07, 6.45) is 5.06. The van der Waals surface area contributed by atoms with E-state index in [0.29, 0.717) is 6.10 Å². The highest BCUT2D eigenvalue weighted by molar-refractivity contribution is 4.98. The molecule has 2 fully saturated rings. The summed E-state index contributed by atoms with van der Waals surface area (Å²) < 4.78 is 6.17. The summed E-state index contributed by atoms with van der Waals surface area (Å²) in [5, 5.41) is 9.69. The standard InChI is InChI=1S/C14H26O2/c1-9-5-6-11(7-10(9)2)16-13-8-12(15)14(13,3)4/h9-13,15H,5-8H2,1-4H3. The largest absolute Gasteiger partial charge is 0.392 e. The summed E-state index contributed by atoms with van der Waals surface area (Å²) in [7, 11) is 0. The zero-order valence-corrected chi connectivity index (χ0v) is 11.1. The Labute approximate surface area is 99.4 Å². The van der Waals surface area contributed by atoms with Crippen LogP contribution in [0.1, 0.15) is 53.4 Å². The van der Waals surface area contributed by atoms with Gasteiger partial charge < -0.3 is 9.84 Å². The maximum absolute atomic E-state index is 9.69. The molecule has 0 amide bonds. The first kappa shape index (κ1) is 12.4. The van der Waals surface area contributed by atoms with E-state index < -0.39 is 0 Å². The highest BCUT2D eigenvalue weighted by Crippen LogP contribution is 2.44. The summed E-state index contributed by atoms with van der Waals surface area (Å²) in [5.74, 6) is 1.63. The second kappa shape index (κ2) is 4.30. The SMILES string of the molecule is CC1CCC(OC2CC(O)C2(C)C)CC1C. The van der Waals surface area contributed by atoms with Gasteiger partial charge in [0.15, 0.2) is 0 Å². The summed E-state index contributed by atoms with van der Waals surface area (Å²) in [4.78, 5) is 0. The van der Waals surface area contributed by atoms with Crippen LogP contribution in [0.2, 0.25) is 0 Å². The predicted molar refractivity (Wildman–Crippen MR) is 65.2 cm³/mol. The molecule has 2 heteroatoms. The van der Waals surface area contributed by atoms with Crippen LogP contribution in [0.5, 0.6) is 0 Å². The molecule has 5 unspecified atom stereocenters. The van der Waals surface area contributed by atoms with E-state index in [4.69, 9.17) is 4.74 Å². The van der Waals surface area contributed by atoms with Crippen LogP contribution in [0.3, 0.4) is 0 Å². The molecular formula is C14H26O2. The van der Waals surface area contributed by atoms with Gasteiger partial charge >= 0.3 is 0 Å². The van der Waals surface area contributed by atoms with Gasteiger partial charge in [-0.15, -0.1) is 0 Å². The lowest BCUT2D eigenvalue weighted by atomic mass is 9.66. The van der Waals surface area contributed by atoms with Crippen molar-refractivity contribution in [2.75, 3.05) is 0 Å². The number of hydrogen-bond acceptors (Lipinski definition) is 2. The van der Waals surface area contributed by atoms with Crippen LogP contribution in [0.4, 0.5) is 0 Å². The first-order valence-electron chi connectivity index (χ1n) is 6.74. The fourth-order valence-corrected chi connectivity index (χ4v) is 2.95. The van der Waals surface area contributed by atoms with Crippen molar-refractivity contribution in [3.05, 3.63) is 0 Å². The van der Waals surface area contributed by atoms with Crippen LogP contribution < -0.4 is 0 Å². The molecule has 0 aromatic heterocycles.